The van der Waals surface area contributed by atoms with Crippen molar-refractivity contribution in [3.63, 3.8) is 0 Å². The summed E-state index contributed by atoms with van der Waals surface area (Å²) in [7, 11) is 3.12. The van der Waals surface area contributed by atoms with Crippen molar-refractivity contribution in [3.8, 4) is 23.6 Å². The summed E-state index contributed by atoms with van der Waals surface area (Å²) >= 11 is 0. The first-order chi connectivity index (χ1) is 8.08. The van der Waals surface area contributed by atoms with Gasteiger partial charge in [0, 0.05) is 12.5 Å². The zero-order valence-corrected chi connectivity index (χ0v) is 10.2. The number of rotatable bonds is 4. The highest BCUT2D eigenvalue weighted by Crippen LogP contribution is 2.30. The average molecular weight is 230 g/mol. The minimum absolute atomic E-state index is 0.327. The van der Waals surface area contributed by atoms with Crippen molar-refractivity contribution in [3.05, 3.63) is 23.8 Å². The van der Waals surface area contributed by atoms with Crippen LogP contribution in [0.3, 0.4) is 0 Å². The second-order valence-corrected chi connectivity index (χ2v) is 3.91. The van der Waals surface area contributed by atoms with E-state index in [9.17, 15) is 0 Å². The number of nitriles is 2. The molecule has 88 valence electrons. The van der Waals surface area contributed by atoms with Crippen LogP contribution in [0.15, 0.2) is 18.2 Å². The van der Waals surface area contributed by atoms with Crippen molar-refractivity contribution >= 4 is 0 Å². The van der Waals surface area contributed by atoms with Gasteiger partial charge < -0.3 is 9.47 Å². The predicted molar refractivity (Wildman–Crippen MR) is 62.6 cm³/mol. The maximum Gasteiger partial charge on any atom is 0.145 e. The van der Waals surface area contributed by atoms with Gasteiger partial charge in [0.05, 0.1) is 26.4 Å². The molecule has 0 saturated heterocycles. The van der Waals surface area contributed by atoms with Gasteiger partial charge in [-0.25, -0.2) is 0 Å². The van der Waals surface area contributed by atoms with Gasteiger partial charge in [-0.15, -0.1) is 0 Å². The molecule has 1 aromatic carbocycles. The maximum atomic E-state index is 8.97. The van der Waals surface area contributed by atoms with Gasteiger partial charge >= 0.3 is 0 Å². The van der Waals surface area contributed by atoms with E-state index in [1.807, 2.05) is 18.2 Å². The number of methoxy groups -OCH3 is 2. The average Bonchev–Trinajstić information content (AvgIpc) is 2.39. The minimum atomic E-state index is -1.04. The largest absolute Gasteiger partial charge is 0.497 e. The molecule has 0 N–H and O–H groups in total. The molecular formula is C13H14N2O2. The Labute approximate surface area is 101 Å². The Balaban J connectivity index is 3.08. The molecule has 0 saturated carbocycles. The molecule has 0 aliphatic heterocycles. The number of nitrogens with zero attached hydrogens (tertiary/aromatic N) is 2. The molecule has 4 nitrogen and oxygen atoms in total. The third-order valence-corrected chi connectivity index (χ3v) is 2.53. The Bertz CT molecular complexity index is 469. The lowest BCUT2D eigenvalue weighted by Crippen LogP contribution is -2.15. The van der Waals surface area contributed by atoms with Crippen LogP contribution < -0.4 is 9.47 Å². The smallest absolute Gasteiger partial charge is 0.145 e. The van der Waals surface area contributed by atoms with Gasteiger partial charge in [-0.2, -0.15) is 10.5 Å². The Morgan fingerprint density at radius 1 is 1.18 bits per heavy atom. The summed E-state index contributed by atoms with van der Waals surface area (Å²) in [6.07, 6.45) is 0.327. The van der Waals surface area contributed by atoms with Crippen LogP contribution >= 0.6 is 0 Å². The first-order valence-corrected chi connectivity index (χ1v) is 5.12. The molecule has 0 heterocycles. The molecule has 4 heteroatoms. The number of benzene rings is 1. The molecule has 0 aromatic heterocycles. The van der Waals surface area contributed by atoms with Crippen molar-refractivity contribution in [2.45, 2.75) is 13.3 Å². The predicted octanol–water partition coefficient (Wildman–Crippen LogP) is 2.30. The molecular weight excluding hydrogens is 216 g/mol. The maximum absolute atomic E-state index is 8.97. The first-order valence-electron chi connectivity index (χ1n) is 5.12. The highest BCUT2D eigenvalue weighted by molar-refractivity contribution is 5.42. The summed E-state index contributed by atoms with van der Waals surface area (Å²) < 4.78 is 10.3. The minimum Gasteiger partial charge on any atom is -0.497 e. The van der Waals surface area contributed by atoms with E-state index in [0.29, 0.717) is 17.9 Å². The van der Waals surface area contributed by atoms with Gasteiger partial charge in [-0.1, -0.05) is 6.07 Å². The van der Waals surface area contributed by atoms with Gasteiger partial charge in [-0.3, -0.25) is 0 Å². The summed E-state index contributed by atoms with van der Waals surface area (Å²) in [5.74, 6) is 1.31. The standard InChI is InChI=1S/C13H14N2O2/c1-13(8-14,9-15)7-10-4-5-11(16-2)6-12(10)17-3/h4-6H,7H2,1-3H3. The highest BCUT2D eigenvalue weighted by Gasteiger charge is 2.25. The van der Waals surface area contributed by atoms with Crippen LogP contribution in [0.2, 0.25) is 0 Å². The molecule has 0 bridgehead atoms. The molecule has 0 spiro atoms. The van der Waals surface area contributed by atoms with E-state index in [2.05, 4.69) is 0 Å². The van der Waals surface area contributed by atoms with Crippen LogP contribution in [-0.4, -0.2) is 14.2 Å². The summed E-state index contributed by atoms with van der Waals surface area (Å²) in [5.41, 5.74) is -0.221. The number of hydrogen-bond donors (Lipinski definition) is 0. The molecule has 1 rings (SSSR count). The Kier molecular flexibility index (Phi) is 3.96. The van der Waals surface area contributed by atoms with E-state index < -0.39 is 5.41 Å². The van der Waals surface area contributed by atoms with Crippen LogP contribution in [0, 0.1) is 28.1 Å². The second kappa shape index (κ2) is 5.23. The van der Waals surface area contributed by atoms with Crippen molar-refractivity contribution in [2.75, 3.05) is 14.2 Å². The quantitative estimate of drug-likeness (QED) is 0.796. The van der Waals surface area contributed by atoms with E-state index in [0.717, 1.165) is 5.56 Å². The molecule has 0 radical (unpaired) electrons. The van der Waals surface area contributed by atoms with Gasteiger partial charge in [0.25, 0.3) is 0 Å². The van der Waals surface area contributed by atoms with Crippen LogP contribution in [0.1, 0.15) is 12.5 Å². The fourth-order valence-corrected chi connectivity index (χ4v) is 1.48. The Morgan fingerprint density at radius 3 is 2.29 bits per heavy atom. The van der Waals surface area contributed by atoms with E-state index in [1.165, 1.54) is 0 Å². The van der Waals surface area contributed by atoms with E-state index in [-0.39, 0.29) is 0 Å². The molecule has 17 heavy (non-hydrogen) atoms. The molecule has 0 unspecified atom stereocenters. The van der Waals surface area contributed by atoms with Crippen molar-refractivity contribution < 1.29 is 9.47 Å². The fourth-order valence-electron chi connectivity index (χ4n) is 1.48. The zero-order chi connectivity index (χ0) is 12.9. The van der Waals surface area contributed by atoms with Crippen molar-refractivity contribution in [2.24, 2.45) is 5.41 Å². The Hall–Kier alpha value is -2.20. The summed E-state index contributed by atoms with van der Waals surface area (Å²) in [6, 6.07) is 9.35. The molecule has 0 atom stereocenters. The lowest BCUT2D eigenvalue weighted by Gasteiger charge is -2.15. The molecule has 0 fully saturated rings. The van der Waals surface area contributed by atoms with Crippen molar-refractivity contribution in [1.82, 2.24) is 0 Å². The SMILES string of the molecule is COc1ccc(CC(C)(C#N)C#N)c(OC)c1. The molecule has 0 aliphatic carbocycles. The summed E-state index contributed by atoms with van der Waals surface area (Å²) in [4.78, 5) is 0. The summed E-state index contributed by atoms with van der Waals surface area (Å²) in [6.45, 7) is 1.61. The van der Waals surface area contributed by atoms with E-state index in [4.69, 9.17) is 20.0 Å². The third kappa shape index (κ3) is 2.89. The van der Waals surface area contributed by atoms with Gasteiger partial charge in [0.1, 0.15) is 16.9 Å². The molecule has 1 aromatic rings. The van der Waals surface area contributed by atoms with Crippen molar-refractivity contribution in [1.29, 1.82) is 10.5 Å². The van der Waals surface area contributed by atoms with Gasteiger partial charge in [0.15, 0.2) is 0 Å². The summed E-state index contributed by atoms with van der Waals surface area (Å²) in [5, 5.41) is 17.9. The molecule has 0 amide bonds. The Morgan fingerprint density at radius 2 is 1.82 bits per heavy atom. The lowest BCUT2D eigenvalue weighted by molar-refractivity contribution is 0.388. The van der Waals surface area contributed by atoms with E-state index in [1.54, 1.807) is 33.3 Å². The van der Waals surface area contributed by atoms with E-state index >= 15 is 0 Å². The van der Waals surface area contributed by atoms with Crippen LogP contribution in [0.5, 0.6) is 11.5 Å². The monoisotopic (exact) mass is 230 g/mol. The lowest BCUT2D eigenvalue weighted by atomic mass is 9.86. The van der Waals surface area contributed by atoms with Crippen LogP contribution in [0.25, 0.3) is 0 Å². The third-order valence-electron chi connectivity index (χ3n) is 2.53. The van der Waals surface area contributed by atoms with Crippen LogP contribution in [-0.2, 0) is 6.42 Å². The zero-order valence-electron chi connectivity index (χ0n) is 10.2. The number of hydrogen-bond acceptors (Lipinski definition) is 4. The molecule has 0 aliphatic rings. The normalized spacial score (nSPS) is 10.2. The number of ether oxygens (including phenoxy) is 2. The first kappa shape index (κ1) is 12.9. The van der Waals surface area contributed by atoms with Gasteiger partial charge in [-0.05, 0) is 18.6 Å². The topological polar surface area (TPSA) is 66.0 Å². The highest BCUT2D eigenvalue weighted by atomic mass is 16.5. The fraction of sp³-hybridized carbons (Fsp3) is 0.385. The van der Waals surface area contributed by atoms with Gasteiger partial charge in [0.2, 0.25) is 0 Å². The second-order valence-electron chi connectivity index (χ2n) is 3.91. The van der Waals surface area contributed by atoms with Crippen LogP contribution in [0.4, 0.5) is 0 Å².